The van der Waals surface area contributed by atoms with Gasteiger partial charge in [-0.1, -0.05) is 41.6 Å². The fourth-order valence-electron chi connectivity index (χ4n) is 2.63. The molecule has 6 heteroatoms. The molecule has 0 aliphatic rings. The van der Waals surface area contributed by atoms with E-state index in [0.29, 0.717) is 17.0 Å². The van der Waals surface area contributed by atoms with Crippen LogP contribution in [0.1, 0.15) is 34.6 Å². The van der Waals surface area contributed by atoms with E-state index in [1.54, 1.807) is 13.8 Å². The van der Waals surface area contributed by atoms with Crippen molar-refractivity contribution in [1.29, 1.82) is 0 Å². The number of halogens is 2. The normalized spacial score (nSPS) is 12.0. The molecule has 0 aliphatic carbocycles. The minimum Gasteiger partial charge on any atom is -0.360 e. The van der Waals surface area contributed by atoms with Gasteiger partial charge in [-0.05, 0) is 19.9 Å². The summed E-state index contributed by atoms with van der Waals surface area (Å²) < 4.78 is 32.1. The zero-order valence-electron chi connectivity index (χ0n) is 13.7. The number of nitrogens with one attached hydrogen (secondary N) is 1. The number of carbonyl (C=O) groups is 1. The number of rotatable bonds is 4. The van der Waals surface area contributed by atoms with E-state index in [-0.39, 0.29) is 5.56 Å². The molecular formula is C19H16F2N2O2. The maximum Gasteiger partial charge on any atom is 0.257 e. The average Bonchev–Trinajstić information content (AvgIpc) is 2.97. The highest BCUT2D eigenvalue weighted by atomic mass is 19.1. The number of carbonyl (C=O) groups excluding carboxylic acids is 1. The van der Waals surface area contributed by atoms with Crippen molar-refractivity contribution in [3.8, 4) is 11.3 Å². The van der Waals surface area contributed by atoms with E-state index in [4.69, 9.17) is 4.52 Å². The zero-order chi connectivity index (χ0) is 18.0. The van der Waals surface area contributed by atoms with Gasteiger partial charge in [-0.2, -0.15) is 0 Å². The van der Waals surface area contributed by atoms with Crippen LogP contribution >= 0.6 is 0 Å². The maximum atomic E-state index is 13.9. The standard InChI is InChI=1S/C19H16F2N2O2/c1-11(15-9-8-14(20)10-16(15)21)22-19(24)17-12(2)25-23-18(17)13-6-4-3-5-7-13/h3-11H,1-2H3,(H,22,24)/t11-/m0/s1. The molecule has 1 N–H and O–H groups in total. The van der Waals surface area contributed by atoms with E-state index in [1.807, 2.05) is 30.3 Å². The van der Waals surface area contributed by atoms with Gasteiger partial charge in [0.05, 0.1) is 6.04 Å². The van der Waals surface area contributed by atoms with Gasteiger partial charge in [0.1, 0.15) is 28.7 Å². The minimum atomic E-state index is -0.710. The lowest BCUT2D eigenvalue weighted by atomic mass is 10.0. The van der Waals surface area contributed by atoms with Crippen LogP contribution in [0.5, 0.6) is 0 Å². The Bertz CT molecular complexity index is 907. The van der Waals surface area contributed by atoms with Crippen LogP contribution in [-0.4, -0.2) is 11.1 Å². The molecule has 1 aromatic heterocycles. The van der Waals surface area contributed by atoms with Crippen molar-refractivity contribution in [2.75, 3.05) is 0 Å². The molecule has 1 amide bonds. The van der Waals surface area contributed by atoms with Gasteiger partial charge >= 0.3 is 0 Å². The molecule has 0 saturated heterocycles. The highest BCUT2D eigenvalue weighted by Crippen LogP contribution is 2.26. The summed E-state index contributed by atoms with van der Waals surface area (Å²) in [6.45, 7) is 3.26. The molecule has 4 nitrogen and oxygen atoms in total. The van der Waals surface area contributed by atoms with Crippen LogP contribution in [0.2, 0.25) is 0 Å². The molecule has 25 heavy (non-hydrogen) atoms. The lowest BCUT2D eigenvalue weighted by molar-refractivity contribution is 0.0938. The van der Waals surface area contributed by atoms with Crippen LogP contribution in [0, 0.1) is 18.6 Å². The van der Waals surface area contributed by atoms with Gasteiger partial charge in [-0.15, -0.1) is 0 Å². The first-order valence-electron chi connectivity index (χ1n) is 7.75. The molecule has 128 valence electrons. The molecule has 0 radical (unpaired) electrons. The third kappa shape index (κ3) is 3.42. The Hall–Kier alpha value is -3.02. The Morgan fingerprint density at radius 3 is 2.56 bits per heavy atom. The summed E-state index contributed by atoms with van der Waals surface area (Å²) >= 11 is 0. The van der Waals surface area contributed by atoms with Gasteiger partial charge in [0.15, 0.2) is 0 Å². The van der Waals surface area contributed by atoms with Gasteiger partial charge in [-0.25, -0.2) is 8.78 Å². The van der Waals surface area contributed by atoms with E-state index < -0.39 is 23.6 Å². The molecular weight excluding hydrogens is 326 g/mol. The van der Waals surface area contributed by atoms with Crippen LogP contribution in [0.15, 0.2) is 53.1 Å². The first-order valence-corrected chi connectivity index (χ1v) is 7.75. The number of aryl methyl sites for hydroxylation is 1. The Labute approximate surface area is 143 Å². The molecule has 0 unspecified atom stereocenters. The molecule has 0 fully saturated rings. The molecule has 0 spiro atoms. The Balaban J connectivity index is 1.88. The number of hydrogen-bond donors (Lipinski definition) is 1. The number of benzene rings is 2. The maximum absolute atomic E-state index is 13.9. The van der Waals surface area contributed by atoms with Gasteiger partial charge in [-0.3, -0.25) is 4.79 Å². The summed E-state index contributed by atoms with van der Waals surface area (Å²) in [7, 11) is 0. The predicted molar refractivity (Wildman–Crippen MR) is 88.9 cm³/mol. The first kappa shape index (κ1) is 16.8. The van der Waals surface area contributed by atoms with Crippen LogP contribution in [-0.2, 0) is 0 Å². The Morgan fingerprint density at radius 1 is 1.16 bits per heavy atom. The SMILES string of the molecule is Cc1onc(-c2ccccc2)c1C(=O)N[C@@H](C)c1ccc(F)cc1F. The number of amides is 1. The number of nitrogens with zero attached hydrogens (tertiary/aromatic N) is 1. The second kappa shape index (κ2) is 6.84. The summed E-state index contributed by atoms with van der Waals surface area (Å²) in [6.07, 6.45) is 0. The Morgan fingerprint density at radius 2 is 1.88 bits per heavy atom. The monoisotopic (exact) mass is 342 g/mol. The number of hydrogen-bond acceptors (Lipinski definition) is 3. The molecule has 1 atom stereocenters. The van der Waals surface area contributed by atoms with Gasteiger partial charge in [0.2, 0.25) is 0 Å². The summed E-state index contributed by atoms with van der Waals surface area (Å²) in [4.78, 5) is 12.7. The molecule has 1 heterocycles. The van der Waals surface area contributed by atoms with Crippen molar-refractivity contribution in [3.63, 3.8) is 0 Å². The zero-order valence-corrected chi connectivity index (χ0v) is 13.7. The van der Waals surface area contributed by atoms with Crippen LogP contribution in [0.25, 0.3) is 11.3 Å². The molecule has 2 aromatic carbocycles. The van der Waals surface area contributed by atoms with Gasteiger partial charge < -0.3 is 9.84 Å². The van der Waals surface area contributed by atoms with Gasteiger partial charge in [0, 0.05) is 17.2 Å². The predicted octanol–water partition coefficient (Wildman–Crippen LogP) is 4.42. The minimum absolute atomic E-state index is 0.199. The lowest BCUT2D eigenvalue weighted by Crippen LogP contribution is -2.28. The fraction of sp³-hybridized carbons (Fsp3) is 0.158. The summed E-state index contributed by atoms with van der Waals surface area (Å²) in [5.41, 5.74) is 1.65. The first-order chi connectivity index (χ1) is 12.0. The van der Waals surface area contributed by atoms with Crippen molar-refractivity contribution < 1.29 is 18.1 Å². The van der Waals surface area contributed by atoms with Crippen LogP contribution < -0.4 is 5.32 Å². The third-order valence-corrected chi connectivity index (χ3v) is 3.91. The summed E-state index contributed by atoms with van der Waals surface area (Å²) in [6, 6.07) is 11.8. The van der Waals surface area contributed by atoms with E-state index in [1.165, 1.54) is 6.07 Å². The molecule has 0 aliphatic heterocycles. The molecule has 0 bridgehead atoms. The van der Waals surface area contributed by atoms with E-state index in [9.17, 15) is 13.6 Å². The van der Waals surface area contributed by atoms with Crippen molar-refractivity contribution >= 4 is 5.91 Å². The smallest absolute Gasteiger partial charge is 0.257 e. The largest absolute Gasteiger partial charge is 0.360 e. The third-order valence-electron chi connectivity index (χ3n) is 3.91. The second-order valence-electron chi connectivity index (χ2n) is 5.69. The van der Waals surface area contributed by atoms with E-state index in [0.717, 1.165) is 17.7 Å². The van der Waals surface area contributed by atoms with Crippen LogP contribution in [0.3, 0.4) is 0 Å². The summed E-state index contributed by atoms with van der Waals surface area (Å²) in [5.74, 6) is -1.45. The molecule has 0 saturated carbocycles. The average molecular weight is 342 g/mol. The molecule has 3 aromatic rings. The number of aromatic nitrogens is 1. The Kier molecular flexibility index (Phi) is 4.61. The van der Waals surface area contributed by atoms with Crippen molar-refractivity contribution in [2.24, 2.45) is 0 Å². The van der Waals surface area contributed by atoms with Crippen LogP contribution in [0.4, 0.5) is 8.78 Å². The topological polar surface area (TPSA) is 55.1 Å². The van der Waals surface area contributed by atoms with Crippen molar-refractivity contribution in [2.45, 2.75) is 19.9 Å². The lowest BCUT2D eigenvalue weighted by Gasteiger charge is -2.15. The quantitative estimate of drug-likeness (QED) is 0.764. The van der Waals surface area contributed by atoms with E-state index in [2.05, 4.69) is 10.5 Å². The van der Waals surface area contributed by atoms with Gasteiger partial charge in [0.25, 0.3) is 5.91 Å². The highest BCUT2D eigenvalue weighted by Gasteiger charge is 2.23. The second-order valence-corrected chi connectivity index (χ2v) is 5.69. The van der Waals surface area contributed by atoms with Crippen molar-refractivity contribution in [3.05, 3.63) is 77.1 Å². The van der Waals surface area contributed by atoms with Crippen molar-refractivity contribution in [1.82, 2.24) is 10.5 Å². The molecule has 3 rings (SSSR count). The highest BCUT2D eigenvalue weighted by molar-refractivity contribution is 6.00. The fourth-order valence-corrected chi connectivity index (χ4v) is 2.63. The summed E-state index contributed by atoms with van der Waals surface area (Å²) in [5, 5.41) is 6.67. The van der Waals surface area contributed by atoms with E-state index >= 15 is 0 Å².